The van der Waals surface area contributed by atoms with Gasteiger partial charge in [-0.2, -0.15) is 0 Å². The van der Waals surface area contributed by atoms with E-state index in [-0.39, 0.29) is 19.5 Å². The van der Waals surface area contributed by atoms with Gasteiger partial charge in [-0.05, 0) is 17.7 Å². The van der Waals surface area contributed by atoms with Crippen LogP contribution in [0.1, 0.15) is 12.0 Å². The van der Waals surface area contributed by atoms with E-state index < -0.39 is 11.9 Å². The fourth-order valence-electron chi connectivity index (χ4n) is 1.54. The van der Waals surface area contributed by atoms with E-state index in [2.05, 4.69) is 0 Å². The molecule has 0 aliphatic heterocycles. The molecule has 98 valence electrons. The van der Waals surface area contributed by atoms with Crippen molar-refractivity contribution in [3.8, 4) is 0 Å². The third-order valence-electron chi connectivity index (χ3n) is 2.34. The zero-order valence-electron chi connectivity index (χ0n) is 9.80. The highest BCUT2D eigenvalue weighted by Gasteiger charge is 2.11. The Morgan fingerprint density at radius 1 is 1.28 bits per heavy atom. The van der Waals surface area contributed by atoms with Gasteiger partial charge in [0.2, 0.25) is 5.91 Å². The number of nitrogens with two attached hydrogens (primary N) is 1. The Morgan fingerprint density at radius 2 is 1.89 bits per heavy atom. The van der Waals surface area contributed by atoms with E-state index in [9.17, 15) is 9.59 Å². The third-order valence-corrected chi connectivity index (χ3v) is 2.59. The summed E-state index contributed by atoms with van der Waals surface area (Å²) in [7, 11) is 0. The molecule has 6 heteroatoms. The van der Waals surface area contributed by atoms with Gasteiger partial charge in [0, 0.05) is 18.1 Å². The number of aliphatic carboxylic acids is 1. The summed E-state index contributed by atoms with van der Waals surface area (Å²) in [4.78, 5) is 23.1. The van der Waals surface area contributed by atoms with Crippen LogP contribution in [0.25, 0.3) is 0 Å². The standard InChI is InChI=1S/C12H15ClN2O3/c13-10-3-1-9(2-4-10)7-15(8-11(14)16)6-5-12(17)18/h1-4H,5-8H2,(H2,14,16)(H,17,18). The molecule has 0 spiro atoms. The first kappa shape index (κ1) is 14.5. The Balaban J connectivity index is 2.61. The molecule has 0 aliphatic rings. The first-order valence-electron chi connectivity index (χ1n) is 5.44. The highest BCUT2D eigenvalue weighted by atomic mass is 35.5. The largest absolute Gasteiger partial charge is 0.481 e. The number of hydrogen-bond acceptors (Lipinski definition) is 3. The van der Waals surface area contributed by atoms with Crippen molar-refractivity contribution in [3.63, 3.8) is 0 Å². The van der Waals surface area contributed by atoms with Gasteiger partial charge in [0.1, 0.15) is 0 Å². The number of halogens is 1. The average Bonchev–Trinajstić information content (AvgIpc) is 2.28. The third kappa shape index (κ3) is 5.65. The average molecular weight is 271 g/mol. The number of primary amides is 1. The Morgan fingerprint density at radius 3 is 2.39 bits per heavy atom. The Bertz CT molecular complexity index is 420. The maximum absolute atomic E-state index is 10.9. The number of amides is 1. The minimum Gasteiger partial charge on any atom is -0.481 e. The summed E-state index contributed by atoms with van der Waals surface area (Å²) in [6, 6.07) is 7.15. The van der Waals surface area contributed by atoms with E-state index >= 15 is 0 Å². The van der Waals surface area contributed by atoms with E-state index in [1.165, 1.54) is 0 Å². The predicted octanol–water partition coefficient (Wildman–Crippen LogP) is 1.10. The topological polar surface area (TPSA) is 83.6 Å². The lowest BCUT2D eigenvalue weighted by atomic mass is 10.2. The molecule has 5 nitrogen and oxygen atoms in total. The SMILES string of the molecule is NC(=O)CN(CCC(=O)O)Cc1ccc(Cl)cc1. The molecule has 0 unspecified atom stereocenters. The quantitative estimate of drug-likeness (QED) is 0.777. The van der Waals surface area contributed by atoms with Gasteiger partial charge in [0.15, 0.2) is 0 Å². The number of hydrogen-bond donors (Lipinski definition) is 2. The van der Waals surface area contributed by atoms with E-state index in [0.29, 0.717) is 11.6 Å². The monoisotopic (exact) mass is 270 g/mol. The summed E-state index contributed by atoms with van der Waals surface area (Å²) in [6.07, 6.45) is -0.0269. The number of benzene rings is 1. The van der Waals surface area contributed by atoms with Crippen molar-refractivity contribution in [3.05, 3.63) is 34.9 Å². The van der Waals surface area contributed by atoms with Gasteiger partial charge in [-0.25, -0.2) is 0 Å². The van der Waals surface area contributed by atoms with Crippen LogP contribution in [0.15, 0.2) is 24.3 Å². The summed E-state index contributed by atoms with van der Waals surface area (Å²) in [5, 5.41) is 9.27. The summed E-state index contributed by atoms with van der Waals surface area (Å²) < 4.78 is 0. The van der Waals surface area contributed by atoms with Gasteiger partial charge in [-0.3, -0.25) is 14.5 Å². The lowest BCUT2D eigenvalue weighted by molar-refractivity contribution is -0.137. The van der Waals surface area contributed by atoms with Crippen molar-refractivity contribution in [2.24, 2.45) is 5.73 Å². The van der Waals surface area contributed by atoms with Gasteiger partial charge in [0.25, 0.3) is 0 Å². The fraction of sp³-hybridized carbons (Fsp3) is 0.333. The molecule has 0 saturated heterocycles. The molecule has 0 aromatic heterocycles. The van der Waals surface area contributed by atoms with Gasteiger partial charge in [-0.15, -0.1) is 0 Å². The number of nitrogens with zero attached hydrogens (tertiary/aromatic N) is 1. The van der Waals surface area contributed by atoms with Crippen molar-refractivity contribution in [2.75, 3.05) is 13.1 Å². The second-order valence-corrected chi connectivity index (χ2v) is 4.38. The molecule has 0 aliphatic carbocycles. The minimum absolute atomic E-state index is 0.0269. The minimum atomic E-state index is -0.902. The Hall–Kier alpha value is -1.59. The first-order chi connectivity index (χ1) is 8.47. The summed E-state index contributed by atoms with van der Waals surface area (Å²) in [5.74, 6) is -1.38. The van der Waals surface area contributed by atoms with Crippen LogP contribution in [0.4, 0.5) is 0 Å². The summed E-state index contributed by atoms with van der Waals surface area (Å²) in [6.45, 7) is 0.782. The van der Waals surface area contributed by atoms with Gasteiger partial charge in [-0.1, -0.05) is 23.7 Å². The number of carboxylic acids is 1. The molecule has 1 aromatic carbocycles. The highest BCUT2D eigenvalue weighted by molar-refractivity contribution is 6.30. The molecular weight excluding hydrogens is 256 g/mol. The molecule has 0 bridgehead atoms. The molecule has 0 fully saturated rings. The second kappa shape index (κ2) is 6.98. The van der Waals surface area contributed by atoms with Crippen molar-refractivity contribution in [1.29, 1.82) is 0 Å². The van der Waals surface area contributed by atoms with E-state index in [4.69, 9.17) is 22.4 Å². The van der Waals surface area contributed by atoms with Gasteiger partial charge in [0.05, 0.1) is 13.0 Å². The van der Waals surface area contributed by atoms with Gasteiger partial charge >= 0.3 is 5.97 Å². The Kier molecular flexibility index (Phi) is 5.61. The normalized spacial score (nSPS) is 10.6. The molecule has 0 saturated carbocycles. The van der Waals surface area contributed by atoms with Crippen LogP contribution in [0.3, 0.4) is 0 Å². The number of carboxylic acid groups (broad SMARTS) is 1. The Labute approximate surface area is 110 Å². The van der Waals surface area contributed by atoms with Crippen molar-refractivity contribution >= 4 is 23.5 Å². The number of rotatable bonds is 7. The number of carbonyl (C=O) groups excluding carboxylic acids is 1. The molecule has 0 radical (unpaired) electrons. The zero-order chi connectivity index (χ0) is 13.5. The van der Waals surface area contributed by atoms with Crippen LogP contribution < -0.4 is 5.73 Å². The molecule has 18 heavy (non-hydrogen) atoms. The molecule has 0 heterocycles. The fourth-order valence-corrected chi connectivity index (χ4v) is 1.66. The van der Waals surface area contributed by atoms with Crippen LogP contribution in [-0.2, 0) is 16.1 Å². The molecule has 0 atom stereocenters. The maximum atomic E-state index is 10.9. The van der Waals surface area contributed by atoms with Crippen LogP contribution in [0.5, 0.6) is 0 Å². The predicted molar refractivity (Wildman–Crippen MR) is 68.2 cm³/mol. The van der Waals surface area contributed by atoms with Gasteiger partial charge < -0.3 is 10.8 Å². The highest BCUT2D eigenvalue weighted by Crippen LogP contribution is 2.11. The van der Waals surface area contributed by atoms with E-state index in [0.717, 1.165) is 5.56 Å². The molecule has 3 N–H and O–H groups in total. The van der Waals surface area contributed by atoms with Crippen molar-refractivity contribution in [1.82, 2.24) is 4.90 Å². The lowest BCUT2D eigenvalue weighted by Gasteiger charge is -2.19. The molecule has 1 rings (SSSR count). The second-order valence-electron chi connectivity index (χ2n) is 3.95. The number of carbonyl (C=O) groups is 2. The van der Waals surface area contributed by atoms with E-state index in [1.54, 1.807) is 17.0 Å². The smallest absolute Gasteiger partial charge is 0.304 e. The van der Waals surface area contributed by atoms with Crippen LogP contribution in [-0.4, -0.2) is 35.0 Å². The van der Waals surface area contributed by atoms with Crippen LogP contribution in [0.2, 0.25) is 5.02 Å². The van der Waals surface area contributed by atoms with Crippen molar-refractivity contribution in [2.45, 2.75) is 13.0 Å². The summed E-state index contributed by atoms with van der Waals surface area (Å²) in [5.41, 5.74) is 6.08. The molecule has 1 aromatic rings. The first-order valence-corrected chi connectivity index (χ1v) is 5.82. The lowest BCUT2D eigenvalue weighted by Crippen LogP contribution is -2.34. The zero-order valence-corrected chi connectivity index (χ0v) is 10.6. The molecule has 1 amide bonds. The maximum Gasteiger partial charge on any atom is 0.304 e. The molecular formula is C12H15ClN2O3. The van der Waals surface area contributed by atoms with E-state index in [1.807, 2.05) is 12.1 Å². The van der Waals surface area contributed by atoms with Crippen LogP contribution >= 0.6 is 11.6 Å². The van der Waals surface area contributed by atoms with Crippen molar-refractivity contribution < 1.29 is 14.7 Å². The van der Waals surface area contributed by atoms with Crippen LogP contribution in [0, 0.1) is 0 Å². The summed E-state index contributed by atoms with van der Waals surface area (Å²) >= 11 is 5.77.